The molecule has 2 aromatic rings. The van der Waals surface area contributed by atoms with Gasteiger partial charge in [0.05, 0.1) is 0 Å². The summed E-state index contributed by atoms with van der Waals surface area (Å²) in [5, 5.41) is 6.68. The lowest BCUT2D eigenvalue weighted by Gasteiger charge is -2.21. The Kier molecular flexibility index (Phi) is 4.76. The lowest BCUT2D eigenvalue weighted by molar-refractivity contribution is -0.116. The van der Waals surface area contributed by atoms with Crippen molar-refractivity contribution in [3.8, 4) is 0 Å². The molecule has 3 N–H and O–H groups in total. The molecule has 1 heterocycles. The van der Waals surface area contributed by atoms with Gasteiger partial charge in [-0.1, -0.05) is 0 Å². The van der Waals surface area contributed by atoms with Crippen LogP contribution in [0.5, 0.6) is 0 Å². The van der Waals surface area contributed by atoms with E-state index in [1.165, 1.54) is 11.0 Å². The fourth-order valence-corrected chi connectivity index (χ4v) is 2.08. The van der Waals surface area contributed by atoms with Crippen molar-refractivity contribution in [2.24, 2.45) is 0 Å². The van der Waals surface area contributed by atoms with Gasteiger partial charge in [0, 0.05) is 24.5 Å². The molecule has 0 unspecified atom stereocenters. The van der Waals surface area contributed by atoms with Gasteiger partial charge >= 0.3 is 0 Å². The predicted molar refractivity (Wildman–Crippen MR) is 83.1 cm³/mol. The Balaban J connectivity index is 1.95. The van der Waals surface area contributed by atoms with Crippen LogP contribution in [-0.4, -0.2) is 33.8 Å². The Morgan fingerprint density at radius 3 is 2.48 bits per heavy atom. The molecule has 0 aliphatic heterocycles. The molecule has 0 atom stereocenters. The highest BCUT2D eigenvalue weighted by molar-refractivity contribution is 5.90. The van der Waals surface area contributed by atoms with E-state index in [0.29, 0.717) is 0 Å². The molecular formula is C14H20N6O. The van der Waals surface area contributed by atoms with Crippen molar-refractivity contribution in [3.05, 3.63) is 30.6 Å². The fourth-order valence-electron chi connectivity index (χ4n) is 2.08. The Morgan fingerprint density at radius 1 is 1.29 bits per heavy atom. The minimum absolute atomic E-state index is 0.0853. The number of carbonyl (C=O) groups is 1. The SMILES string of the molecule is CCN(CC)c1ccc(NC(=O)Cn2cnc(N)n2)cc1. The molecule has 2 rings (SSSR count). The second-order valence-electron chi connectivity index (χ2n) is 4.57. The van der Waals surface area contributed by atoms with Gasteiger partial charge in [-0.15, -0.1) is 5.10 Å². The van der Waals surface area contributed by atoms with E-state index in [2.05, 4.69) is 34.1 Å². The lowest BCUT2D eigenvalue weighted by atomic mass is 10.2. The van der Waals surface area contributed by atoms with Gasteiger partial charge < -0.3 is 16.0 Å². The fraction of sp³-hybridized carbons (Fsp3) is 0.357. The van der Waals surface area contributed by atoms with Crippen LogP contribution in [0.15, 0.2) is 30.6 Å². The summed E-state index contributed by atoms with van der Waals surface area (Å²) in [6.07, 6.45) is 1.43. The van der Waals surface area contributed by atoms with Crippen molar-refractivity contribution < 1.29 is 4.79 Å². The summed E-state index contributed by atoms with van der Waals surface area (Å²) in [6, 6.07) is 7.77. The first-order valence-electron chi connectivity index (χ1n) is 6.92. The van der Waals surface area contributed by atoms with Crippen molar-refractivity contribution in [1.82, 2.24) is 14.8 Å². The molecule has 0 aliphatic rings. The number of hydrogen-bond donors (Lipinski definition) is 2. The van der Waals surface area contributed by atoms with Crippen LogP contribution in [0.25, 0.3) is 0 Å². The number of amides is 1. The zero-order chi connectivity index (χ0) is 15.2. The summed E-state index contributed by atoms with van der Waals surface area (Å²) in [5.74, 6) is -0.0122. The molecule has 1 aromatic heterocycles. The number of nitrogens with zero attached hydrogens (tertiary/aromatic N) is 4. The Hall–Kier alpha value is -2.57. The van der Waals surface area contributed by atoms with Crippen molar-refractivity contribution in [3.63, 3.8) is 0 Å². The number of anilines is 3. The molecule has 21 heavy (non-hydrogen) atoms. The number of benzene rings is 1. The van der Waals surface area contributed by atoms with Gasteiger partial charge in [-0.05, 0) is 38.1 Å². The lowest BCUT2D eigenvalue weighted by Crippen LogP contribution is -2.22. The molecule has 0 aliphatic carbocycles. The number of rotatable bonds is 6. The maximum atomic E-state index is 11.9. The van der Waals surface area contributed by atoms with Crippen molar-refractivity contribution >= 4 is 23.2 Å². The van der Waals surface area contributed by atoms with Crippen LogP contribution in [0.4, 0.5) is 17.3 Å². The van der Waals surface area contributed by atoms with E-state index in [9.17, 15) is 4.79 Å². The van der Waals surface area contributed by atoms with E-state index in [1.54, 1.807) is 0 Å². The third-order valence-corrected chi connectivity index (χ3v) is 3.14. The summed E-state index contributed by atoms with van der Waals surface area (Å²) >= 11 is 0. The third kappa shape index (κ3) is 3.95. The van der Waals surface area contributed by atoms with Crippen LogP contribution in [0.3, 0.4) is 0 Å². The maximum Gasteiger partial charge on any atom is 0.246 e. The van der Waals surface area contributed by atoms with E-state index in [0.717, 1.165) is 24.5 Å². The van der Waals surface area contributed by atoms with Crippen LogP contribution in [0.1, 0.15) is 13.8 Å². The first-order valence-corrected chi connectivity index (χ1v) is 6.92. The standard InChI is InChI=1S/C14H20N6O/c1-3-19(4-2)12-7-5-11(6-8-12)17-13(21)9-20-10-16-14(15)18-20/h5-8,10H,3-4,9H2,1-2H3,(H2,15,18)(H,17,21). The van der Waals surface area contributed by atoms with Gasteiger partial charge in [0.1, 0.15) is 12.9 Å². The van der Waals surface area contributed by atoms with E-state index >= 15 is 0 Å². The summed E-state index contributed by atoms with van der Waals surface area (Å²) in [6.45, 7) is 6.22. The smallest absolute Gasteiger partial charge is 0.246 e. The number of carbonyl (C=O) groups excluding carboxylic acids is 1. The molecular weight excluding hydrogens is 268 g/mol. The van der Waals surface area contributed by atoms with Crippen molar-refractivity contribution in [2.45, 2.75) is 20.4 Å². The number of aromatic nitrogens is 3. The first-order chi connectivity index (χ1) is 10.1. The van der Waals surface area contributed by atoms with Crippen molar-refractivity contribution in [1.29, 1.82) is 0 Å². The quantitative estimate of drug-likeness (QED) is 0.837. The summed E-state index contributed by atoms with van der Waals surface area (Å²) in [5.41, 5.74) is 7.29. The van der Waals surface area contributed by atoms with Gasteiger partial charge in [0.2, 0.25) is 11.9 Å². The zero-order valence-electron chi connectivity index (χ0n) is 12.3. The molecule has 7 nitrogen and oxygen atoms in total. The van der Waals surface area contributed by atoms with Gasteiger partial charge in [-0.25, -0.2) is 9.67 Å². The van der Waals surface area contributed by atoms with Crippen LogP contribution < -0.4 is 16.0 Å². The number of nitrogens with one attached hydrogen (secondary N) is 1. The van der Waals surface area contributed by atoms with E-state index in [4.69, 9.17) is 5.73 Å². The molecule has 0 fully saturated rings. The molecule has 1 amide bonds. The molecule has 0 saturated heterocycles. The molecule has 0 radical (unpaired) electrons. The summed E-state index contributed by atoms with van der Waals surface area (Å²) in [4.78, 5) is 17.9. The normalized spacial score (nSPS) is 10.4. The predicted octanol–water partition coefficient (Wildman–Crippen LogP) is 1.35. The van der Waals surface area contributed by atoms with Gasteiger partial charge in [-0.2, -0.15) is 0 Å². The number of hydrogen-bond acceptors (Lipinski definition) is 5. The number of nitrogens with two attached hydrogens (primary N) is 1. The average molecular weight is 288 g/mol. The summed E-state index contributed by atoms with van der Waals surface area (Å²) < 4.78 is 1.40. The largest absolute Gasteiger partial charge is 0.372 e. The highest BCUT2D eigenvalue weighted by atomic mass is 16.2. The molecule has 7 heteroatoms. The molecule has 0 bridgehead atoms. The van der Waals surface area contributed by atoms with Gasteiger partial charge in [0.25, 0.3) is 0 Å². The molecule has 0 saturated carbocycles. The van der Waals surface area contributed by atoms with Crippen LogP contribution in [0, 0.1) is 0 Å². The Morgan fingerprint density at radius 2 is 1.95 bits per heavy atom. The Labute approximate surface area is 123 Å². The van der Waals surface area contributed by atoms with Crippen molar-refractivity contribution in [2.75, 3.05) is 29.0 Å². The van der Waals surface area contributed by atoms with E-state index in [1.807, 2.05) is 24.3 Å². The summed E-state index contributed by atoms with van der Waals surface area (Å²) in [7, 11) is 0. The van der Waals surface area contributed by atoms with Crippen LogP contribution in [0.2, 0.25) is 0 Å². The highest BCUT2D eigenvalue weighted by Crippen LogP contribution is 2.17. The molecule has 112 valence electrons. The second-order valence-corrected chi connectivity index (χ2v) is 4.57. The van der Waals surface area contributed by atoms with E-state index < -0.39 is 0 Å². The topological polar surface area (TPSA) is 89.1 Å². The monoisotopic (exact) mass is 288 g/mol. The second kappa shape index (κ2) is 6.74. The van der Waals surface area contributed by atoms with Crippen LogP contribution >= 0.6 is 0 Å². The van der Waals surface area contributed by atoms with E-state index in [-0.39, 0.29) is 18.4 Å². The highest BCUT2D eigenvalue weighted by Gasteiger charge is 2.06. The van der Waals surface area contributed by atoms with Crippen LogP contribution in [-0.2, 0) is 11.3 Å². The molecule has 1 aromatic carbocycles. The zero-order valence-corrected chi connectivity index (χ0v) is 12.3. The Bertz CT molecular complexity index is 588. The minimum atomic E-state index is -0.171. The first kappa shape index (κ1) is 14.8. The maximum absolute atomic E-state index is 11.9. The minimum Gasteiger partial charge on any atom is -0.372 e. The van der Waals surface area contributed by atoms with Gasteiger partial charge in [-0.3, -0.25) is 4.79 Å². The number of nitrogen functional groups attached to an aromatic ring is 1. The molecule has 0 spiro atoms. The average Bonchev–Trinajstić information content (AvgIpc) is 2.87. The third-order valence-electron chi connectivity index (χ3n) is 3.14. The van der Waals surface area contributed by atoms with Gasteiger partial charge in [0.15, 0.2) is 0 Å².